The molecule has 1 aliphatic heterocycles. The van der Waals surface area contributed by atoms with Gasteiger partial charge in [-0.05, 0) is 30.7 Å². The number of ether oxygens (including phenoxy) is 4. The molecule has 6 nitrogen and oxygen atoms in total. The highest BCUT2D eigenvalue weighted by Gasteiger charge is 2.24. The molecule has 1 N–H and O–H groups in total. The van der Waals surface area contributed by atoms with Crippen molar-refractivity contribution in [1.29, 1.82) is 0 Å². The normalized spacial score (nSPS) is 12.4. The molecule has 4 rings (SSSR count). The molecule has 2 aromatic carbocycles. The average Bonchev–Trinajstić information content (AvgIpc) is 3.23. The first-order valence-electron chi connectivity index (χ1n) is 7.98. The standard InChI is InChI=1S/C19H17NO5/c1-3-23-19(21)18-17(11-4-6-12(22-2)7-5-11)13-8-15-16(25-10-24-15)9-14(13)20-18/h4-9,20H,3,10H2,1-2H3. The van der Waals surface area contributed by atoms with Crippen LogP contribution in [0.25, 0.3) is 22.0 Å². The van der Waals surface area contributed by atoms with Gasteiger partial charge in [0.2, 0.25) is 6.79 Å². The Balaban J connectivity index is 1.94. The summed E-state index contributed by atoms with van der Waals surface area (Å²) in [4.78, 5) is 15.6. The van der Waals surface area contributed by atoms with Gasteiger partial charge in [-0.25, -0.2) is 4.79 Å². The molecule has 0 saturated heterocycles. The minimum Gasteiger partial charge on any atom is -0.497 e. The smallest absolute Gasteiger partial charge is 0.355 e. The number of hydrogen-bond donors (Lipinski definition) is 1. The van der Waals surface area contributed by atoms with Gasteiger partial charge in [0.05, 0.1) is 19.2 Å². The van der Waals surface area contributed by atoms with Gasteiger partial charge in [0.15, 0.2) is 11.5 Å². The Morgan fingerprint density at radius 3 is 2.56 bits per heavy atom. The summed E-state index contributed by atoms with van der Waals surface area (Å²) in [6.07, 6.45) is 0. The molecule has 0 spiro atoms. The summed E-state index contributed by atoms with van der Waals surface area (Å²) in [5.41, 5.74) is 2.85. The van der Waals surface area contributed by atoms with Gasteiger partial charge in [-0.2, -0.15) is 0 Å². The predicted octanol–water partition coefficient (Wildman–Crippen LogP) is 3.75. The monoisotopic (exact) mass is 339 g/mol. The number of hydrogen-bond acceptors (Lipinski definition) is 5. The highest BCUT2D eigenvalue weighted by Crippen LogP contribution is 2.41. The molecule has 0 saturated carbocycles. The van der Waals surface area contributed by atoms with Crippen molar-refractivity contribution in [1.82, 2.24) is 4.98 Å². The summed E-state index contributed by atoms with van der Waals surface area (Å²) in [6.45, 7) is 2.29. The zero-order valence-electron chi connectivity index (χ0n) is 13.9. The van der Waals surface area contributed by atoms with Gasteiger partial charge >= 0.3 is 5.97 Å². The van der Waals surface area contributed by atoms with E-state index < -0.39 is 5.97 Å². The molecule has 1 aromatic heterocycles. The van der Waals surface area contributed by atoms with E-state index in [1.165, 1.54) is 0 Å². The number of fused-ring (bicyclic) bond motifs is 2. The van der Waals surface area contributed by atoms with Gasteiger partial charge in [-0.1, -0.05) is 12.1 Å². The lowest BCUT2D eigenvalue weighted by Crippen LogP contribution is -2.06. The SMILES string of the molecule is CCOC(=O)c1[nH]c2cc3c(cc2c1-c1ccc(OC)cc1)OCO3. The van der Waals surface area contributed by atoms with Crippen LogP contribution < -0.4 is 14.2 Å². The molecule has 0 fully saturated rings. The minimum atomic E-state index is -0.397. The molecule has 128 valence electrons. The Bertz CT molecular complexity index is 943. The topological polar surface area (TPSA) is 69.8 Å². The quantitative estimate of drug-likeness (QED) is 0.733. The first-order chi connectivity index (χ1) is 12.2. The molecule has 0 bridgehead atoms. The van der Waals surface area contributed by atoms with Crippen LogP contribution >= 0.6 is 0 Å². The Hall–Kier alpha value is -3.15. The molecular weight excluding hydrogens is 322 g/mol. The van der Waals surface area contributed by atoms with Crippen LogP contribution in [0.4, 0.5) is 0 Å². The zero-order valence-corrected chi connectivity index (χ0v) is 13.9. The second-order valence-corrected chi connectivity index (χ2v) is 5.58. The predicted molar refractivity (Wildman–Crippen MR) is 92.4 cm³/mol. The van der Waals surface area contributed by atoms with Crippen LogP contribution in [0.2, 0.25) is 0 Å². The van der Waals surface area contributed by atoms with Crippen LogP contribution in [-0.2, 0) is 4.74 Å². The highest BCUT2D eigenvalue weighted by atomic mass is 16.7. The molecule has 0 radical (unpaired) electrons. The van der Waals surface area contributed by atoms with Crippen molar-refractivity contribution in [2.75, 3.05) is 20.5 Å². The van der Waals surface area contributed by atoms with Crippen LogP contribution in [-0.4, -0.2) is 31.5 Å². The van der Waals surface area contributed by atoms with Crippen LogP contribution in [0.1, 0.15) is 17.4 Å². The number of methoxy groups -OCH3 is 1. The van der Waals surface area contributed by atoms with E-state index in [0.717, 1.165) is 27.8 Å². The first-order valence-corrected chi connectivity index (χ1v) is 7.98. The average molecular weight is 339 g/mol. The van der Waals surface area contributed by atoms with E-state index >= 15 is 0 Å². The maximum atomic E-state index is 12.4. The fourth-order valence-electron chi connectivity index (χ4n) is 3.00. The van der Waals surface area contributed by atoms with E-state index in [4.69, 9.17) is 18.9 Å². The van der Waals surface area contributed by atoms with Crippen LogP contribution in [0.3, 0.4) is 0 Å². The molecule has 6 heteroatoms. The molecule has 3 aromatic rings. The molecule has 2 heterocycles. The number of H-pyrrole nitrogens is 1. The van der Waals surface area contributed by atoms with Crippen molar-refractivity contribution in [3.05, 3.63) is 42.1 Å². The third-order valence-electron chi connectivity index (χ3n) is 4.15. The molecule has 25 heavy (non-hydrogen) atoms. The van der Waals surface area contributed by atoms with E-state index in [-0.39, 0.29) is 6.79 Å². The first kappa shape index (κ1) is 15.4. The fourth-order valence-corrected chi connectivity index (χ4v) is 3.00. The molecule has 0 unspecified atom stereocenters. The number of nitrogens with one attached hydrogen (secondary N) is 1. The number of benzene rings is 2. The van der Waals surface area contributed by atoms with Crippen LogP contribution in [0, 0.1) is 0 Å². The lowest BCUT2D eigenvalue weighted by molar-refractivity contribution is 0.0521. The summed E-state index contributed by atoms with van der Waals surface area (Å²) in [5.74, 6) is 1.67. The van der Waals surface area contributed by atoms with Crippen molar-refractivity contribution >= 4 is 16.9 Å². The van der Waals surface area contributed by atoms with Crippen molar-refractivity contribution in [3.8, 4) is 28.4 Å². The number of esters is 1. The zero-order chi connectivity index (χ0) is 17.4. The van der Waals surface area contributed by atoms with E-state index in [9.17, 15) is 4.79 Å². The van der Waals surface area contributed by atoms with Gasteiger partial charge in [-0.3, -0.25) is 0 Å². The third kappa shape index (κ3) is 2.55. The Kier molecular flexibility index (Phi) is 3.72. The summed E-state index contributed by atoms with van der Waals surface area (Å²) >= 11 is 0. The van der Waals surface area contributed by atoms with Crippen LogP contribution in [0.5, 0.6) is 17.2 Å². The molecular formula is C19H17NO5. The van der Waals surface area contributed by atoms with E-state index in [2.05, 4.69) is 4.98 Å². The molecule has 0 atom stereocenters. The number of carbonyl (C=O) groups is 1. The number of aromatic nitrogens is 1. The summed E-state index contributed by atoms with van der Waals surface area (Å²) in [5, 5.41) is 0.873. The van der Waals surface area contributed by atoms with Crippen molar-refractivity contribution in [3.63, 3.8) is 0 Å². The molecule has 0 amide bonds. The second kappa shape index (κ2) is 6.05. The molecule has 0 aliphatic carbocycles. The van der Waals surface area contributed by atoms with Gasteiger partial charge in [0.25, 0.3) is 0 Å². The Morgan fingerprint density at radius 2 is 1.88 bits per heavy atom. The van der Waals surface area contributed by atoms with Crippen molar-refractivity contribution < 1.29 is 23.7 Å². The second-order valence-electron chi connectivity index (χ2n) is 5.58. The number of rotatable bonds is 4. The minimum absolute atomic E-state index is 0.199. The summed E-state index contributed by atoms with van der Waals surface area (Å²) in [7, 11) is 1.62. The van der Waals surface area contributed by atoms with Gasteiger partial charge in [0, 0.05) is 17.0 Å². The Morgan fingerprint density at radius 1 is 1.16 bits per heavy atom. The van der Waals surface area contributed by atoms with Crippen molar-refractivity contribution in [2.45, 2.75) is 6.92 Å². The third-order valence-corrected chi connectivity index (χ3v) is 4.15. The van der Waals surface area contributed by atoms with Crippen LogP contribution in [0.15, 0.2) is 36.4 Å². The number of aromatic amines is 1. The van der Waals surface area contributed by atoms with Crippen molar-refractivity contribution in [2.24, 2.45) is 0 Å². The van der Waals surface area contributed by atoms with Gasteiger partial charge in [0.1, 0.15) is 11.4 Å². The fraction of sp³-hybridized carbons (Fsp3) is 0.211. The maximum Gasteiger partial charge on any atom is 0.355 e. The number of carbonyl (C=O) groups excluding carboxylic acids is 1. The lowest BCUT2D eigenvalue weighted by Gasteiger charge is -2.06. The Labute approximate surface area is 144 Å². The van der Waals surface area contributed by atoms with Gasteiger partial charge < -0.3 is 23.9 Å². The van der Waals surface area contributed by atoms with E-state index in [1.807, 2.05) is 36.4 Å². The largest absolute Gasteiger partial charge is 0.497 e. The lowest BCUT2D eigenvalue weighted by atomic mass is 10.0. The maximum absolute atomic E-state index is 12.4. The van der Waals surface area contributed by atoms with E-state index in [0.29, 0.717) is 23.8 Å². The summed E-state index contributed by atoms with van der Waals surface area (Å²) in [6, 6.07) is 11.3. The summed E-state index contributed by atoms with van der Waals surface area (Å²) < 4.78 is 21.3. The molecule has 1 aliphatic rings. The highest BCUT2D eigenvalue weighted by molar-refractivity contribution is 6.08. The van der Waals surface area contributed by atoms with E-state index in [1.54, 1.807) is 14.0 Å². The van der Waals surface area contributed by atoms with Gasteiger partial charge in [-0.15, -0.1) is 0 Å².